The molecule has 2 heterocycles. The fourth-order valence-electron chi connectivity index (χ4n) is 3.63. The molecular weight excluding hydrogens is 336 g/mol. The van der Waals surface area contributed by atoms with Crippen molar-refractivity contribution in [3.05, 3.63) is 63.8 Å². The Bertz CT molecular complexity index is 876. The van der Waals surface area contributed by atoms with Gasteiger partial charge in [0.15, 0.2) is 0 Å². The standard InChI is InChI=1S/C19H19BrN2/c1-11-4-6-13-14(10-21-17(13)8-11)18-19(2,3)15-9-12(20)5-7-16(15)22-18/h4-10,18,21-22H,1-3H3. The summed E-state index contributed by atoms with van der Waals surface area (Å²) in [7, 11) is 0. The van der Waals surface area contributed by atoms with Crippen molar-refractivity contribution < 1.29 is 0 Å². The van der Waals surface area contributed by atoms with E-state index in [9.17, 15) is 0 Å². The highest BCUT2D eigenvalue weighted by atomic mass is 79.9. The van der Waals surface area contributed by atoms with E-state index in [1.807, 2.05) is 0 Å². The van der Waals surface area contributed by atoms with Gasteiger partial charge < -0.3 is 10.3 Å². The Morgan fingerprint density at radius 2 is 1.91 bits per heavy atom. The number of H-pyrrole nitrogens is 1. The highest BCUT2D eigenvalue weighted by molar-refractivity contribution is 9.10. The molecule has 0 aliphatic carbocycles. The van der Waals surface area contributed by atoms with Gasteiger partial charge in [-0.25, -0.2) is 0 Å². The number of aromatic nitrogens is 1. The van der Waals surface area contributed by atoms with Crippen LogP contribution in [0, 0.1) is 6.92 Å². The molecule has 112 valence electrons. The molecule has 0 fully saturated rings. The molecule has 1 aliphatic rings. The Labute approximate surface area is 139 Å². The molecule has 1 aromatic heterocycles. The first kappa shape index (κ1) is 13.9. The zero-order valence-corrected chi connectivity index (χ0v) is 14.6. The number of rotatable bonds is 1. The number of hydrogen-bond donors (Lipinski definition) is 2. The van der Waals surface area contributed by atoms with E-state index in [0.29, 0.717) is 0 Å². The largest absolute Gasteiger partial charge is 0.377 e. The number of anilines is 1. The van der Waals surface area contributed by atoms with Gasteiger partial charge in [-0.3, -0.25) is 0 Å². The molecule has 2 aromatic carbocycles. The van der Waals surface area contributed by atoms with Crippen molar-refractivity contribution in [2.24, 2.45) is 0 Å². The van der Waals surface area contributed by atoms with Gasteiger partial charge in [-0.05, 0) is 42.3 Å². The summed E-state index contributed by atoms with van der Waals surface area (Å²) in [6.45, 7) is 6.76. The first-order valence-electron chi connectivity index (χ1n) is 7.61. The molecule has 0 amide bonds. The summed E-state index contributed by atoms with van der Waals surface area (Å²) in [4.78, 5) is 3.43. The molecule has 3 aromatic rings. The summed E-state index contributed by atoms with van der Waals surface area (Å²) < 4.78 is 1.14. The number of halogens is 1. The molecule has 0 radical (unpaired) electrons. The van der Waals surface area contributed by atoms with Crippen LogP contribution < -0.4 is 5.32 Å². The molecule has 1 unspecified atom stereocenters. The third kappa shape index (κ3) is 1.92. The van der Waals surface area contributed by atoms with Crippen molar-refractivity contribution in [3.8, 4) is 0 Å². The van der Waals surface area contributed by atoms with Crippen LogP contribution in [0.4, 0.5) is 5.69 Å². The van der Waals surface area contributed by atoms with Crippen LogP contribution in [0.1, 0.15) is 36.6 Å². The summed E-state index contributed by atoms with van der Waals surface area (Å²) >= 11 is 3.60. The Morgan fingerprint density at radius 3 is 2.73 bits per heavy atom. The van der Waals surface area contributed by atoms with Gasteiger partial charge in [-0.2, -0.15) is 0 Å². The SMILES string of the molecule is Cc1ccc2c(C3Nc4ccc(Br)cc4C3(C)C)c[nH]c2c1. The number of aromatic amines is 1. The molecule has 0 bridgehead atoms. The van der Waals surface area contributed by atoms with Gasteiger partial charge in [-0.15, -0.1) is 0 Å². The van der Waals surface area contributed by atoms with Crippen LogP contribution >= 0.6 is 15.9 Å². The fourth-order valence-corrected chi connectivity index (χ4v) is 4.00. The van der Waals surface area contributed by atoms with Gasteiger partial charge in [0, 0.05) is 38.2 Å². The van der Waals surface area contributed by atoms with Gasteiger partial charge >= 0.3 is 0 Å². The van der Waals surface area contributed by atoms with Crippen LogP contribution in [0.15, 0.2) is 47.1 Å². The molecule has 22 heavy (non-hydrogen) atoms. The number of hydrogen-bond acceptors (Lipinski definition) is 1. The predicted molar refractivity (Wildman–Crippen MR) is 96.6 cm³/mol. The van der Waals surface area contributed by atoms with Gasteiger partial charge in [0.25, 0.3) is 0 Å². The quantitative estimate of drug-likeness (QED) is 0.577. The maximum Gasteiger partial charge on any atom is 0.0626 e. The normalized spacial score (nSPS) is 19.2. The van der Waals surface area contributed by atoms with Crippen LogP contribution in [-0.4, -0.2) is 4.98 Å². The monoisotopic (exact) mass is 354 g/mol. The van der Waals surface area contributed by atoms with E-state index in [4.69, 9.17) is 0 Å². The second kappa shape index (κ2) is 4.63. The van der Waals surface area contributed by atoms with Crippen molar-refractivity contribution in [2.75, 3.05) is 5.32 Å². The van der Waals surface area contributed by atoms with Crippen molar-refractivity contribution in [2.45, 2.75) is 32.2 Å². The highest BCUT2D eigenvalue weighted by Gasteiger charge is 2.41. The molecule has 0 saturated heterocycles. The highest BCUT2D eigenvalue weighted by Crippen LogP contribution is 2.50. The zero-order chi connectivity index (χ0) is 15.5. The molecule has 1 atom stereocenters. The molecule has 2 nitrogen and oxygen atoms in total. The molecule has 4 rings (SSSR count). The van der Waals surface area contributed by atoms with Crippen LogP contribution in [0.3, 0.4) is 0 Å². The number of aryl methyl sites for hydroxylation is 1. The van der Waals surface area contributed by atoms with Crippen molar-refractivity contribution >= 4 is 32.5 Å². The number of nitrogens with one attached hydrogen (secondary N) is 2. The van der Waals surface area contributed by atoms with Crippen molar-refractivity contribution in [1.82, 2.24) is 4.98 Å². The Hall–Kier alpha value is -1.74. The third-order valence-electron chi connectivity index (χ3n) is 4.88. The third-order valence-corrected chi connectivity index (χ3v) is 5.37. The minimum absolute atomic E-state index is 0.0408. The van der Waals surface area contributed by atoms with Crippen LogP contribution in [0.2, 0.25) is 0 Å². The Morgan fingerprint density at radius 1 is 1.09 bits per heavy atom. The molecule has 0 saturated carbocycles. The van der Waals surface area contributed by atoms with Gasteiger partial charge in [0.2, 0.25) is 0 Å². The van der Waals surface area contributed by atoms with Gasteiger partial charge in [-0.1, -0.05) is 41.9 Å². The molecule has 1 aliphatic heterocycles. The first-order valence-corrected chi connectivity index (χ1v) is 8.40. The minimum Gasteiger partial charge on any atom is -0.377 e. The van der Waals surface area contributed by atoms with Crippen LogP contribution in [0.5, 0.6) is 0 Å². The lowest BCUT2D eigenvalue weighted by molar-refractivity contribution is 0.476. The Kier molecular flexibility index (Phi) is 2.92. The topological polar surface area (TPSA) is 27.8 Å². The fraction of sp³-hybridized carbons (Fsp3) is 0.263. The lowest BCUT2D eigenvalue weighted by atomic mass is 9.78. The maximum atomic E-state index is 3.72. The summed E-state index contributed by atoms with van der Waals surface area (Å²) in [5, 5.41) is 5.03. The van der Waals surface area contributed by atoms with E-state index in [2.05, 4.69) is 89.6 Å². The smallest absolute Gasteiger partial charge is 0.0626 e. The van der Waals surface area contributed by atoms with Crippen molar-refractivity contribution in [1.29, 1.82) is 0 Å². The lowest BCUT2D eigenvalue weighted by Crippen LogP contribution is -2.25. The van der Waals surface area contributed by atoms with Gasteiger partial charge in [0.1, 0.15) is 0 Å². The van der Waals surface area contributed by atoms with E-state index >= 15 is 0 Å². The maximum absolute atomic E-state index is 3.72. The van der Waals surface area contributed by atoms with Crippen molar-refractivity contribution in [3.63, 3.8) is 0 Å². The van der Waals surface area contributed by atoms with E-state index in [1.54, 1.807) is 0 Å². The average molecular weight is 355 g/mol. The molecule has 3 heteroatoms. The molecule has 0 spiro atoms. The second-order valence-electron chi connectivity index (χ2n) is 6.78. The number of benzene rings is 2. The Balaban J connectivity index is 1.86. The van der Waals surface area contributed by atoms with E-state index < -0.39 is 0 Å². The summed E-state index contributed by atoms with van der Waals surface area (Å²) in [5.74, 6) is 0. The van der Waals surface area contributed by atoms with E-state index in [-0.39, 0.29) is 11.5 Å². The van der Waals surface area contributed by atoms with Crippen LogP contribution in [-0.2, 0) is 5.41 Å². The first-order chi connectivity index (χ1) is 10.5. The summed E-state index contributed by atoms with van der Waals surface area (Å²) in [6, 6.07) is 13.4. The average Bonchev–Trinajstić information content (AvgIpc) is 2.98. The summed E-state index contributed by atoms with van der Waals surface area (Å²) in [5.41, 5.74) is 6.48. The van der Waals surface area contributed by atoms with E-state index in [0.717, 1.165) is 4.47 Å². The van der Waals surface area contributed by atoms with Gasteiger partial charge in [0.05, 0.1) is 6.04 Å². The van der Waals surface area contributed by atoms with E-state index in [1.165, 1.54) is 33.3 Å². The second-order valence-corrected chi connectivity index (χ2v) is 7.70. The van der Waals surface area contributed by atoms with Crippen LogP contribution in [0.25, 0.3) is 10.9 Å². The molecule has 2 N–H and O–H groups in total. The lowest BCUT2D eigenvalue weighted by Gasteiger charge is -2.27. The molecular formula is C19H19BrN2. The zero-order valence-electron chi connectivity index (χ0n) is 13.0. The summed E-state index contributed by atoms with van der Waals surface area (Å²) in [6.07, 6.45) is 2.16. The number of fused-ring (bicyclic) bond motifs is 2. The minimum atomic E-state index is 0.0408. The predicted octanol–water partition coefficient (Wildman–Crippen LogP) is 5.68.